The summed E-state index contributed by atoms with van der Waals surface area (Å²) in [6, 6.07) is 5.89. The summed E-state index contributed by atoms with van der Waals surface area (Å²) < 4.78 is 5.16. The first-order valence-electron chi connectivity index (χ1n) is 8.74. The molecule has 0 aliphatic carbocycles. The zero-order chi connectivity index (χ0) is 17.1. The molecular weight excluding hydrogens is 304 g/mol. The number of benzene rings is 1. The number of amides is 1. The lowest BCUT2D eigenvalue weighted by Crippen LogP contribution is -2.52. The number of likely N-dealkylation sites (tertiary alicyclic amines) is 1. The van der Waals surface area contributed by atoms with Crippen molar-refractivity contribution in [2.45, 2.75) is 18.9 Å². The summed E-state index contributed by atoms with van der Waals surface area (Å²) in [5.41, 5.74) is 7.08. The van der Waals surface area contributed by atoms with E-state index in [0.717, 1.165) is 52.1 Å². The van der Waals surface area contributed by atoms with Crippen LogP contribution < -0.4 is 10.5 Å². The van der Waals surface area contributed by atoms with Gasteiger partial charge in [0.15, 0.2) is 0 Å². The molecule has 0 bridgehead atoms. The van der Waals surface area contributed by atoms with E-state index < -0.39 is 0 Å². The third-order valence-electron chi connectivity index (χ3n) is 5.28. The molecule has 132 valence electrons. The maximum Gasteiger partial charge on any atom is 0.253 e. The summed E-state index contributed by atoms with van der Waals surface area (Å²) in [6.45, 7) is 6.21. The Bertz CT molecular complexity index is 576. The van der Waals surface area contributed by atoms with Gasteiger partial charge in [-0.15, -0.1) is 0 Å². The van der Waals surface area contributed by atoms with Gasteiger partial charge in [0.2, 0.25) is 0 Å². The van der Waals surface area contributed by atoms with Gasteiger partial charge in [0, 0.05) is 50.9 Å². The van der Waals surface area contributed by atoms with E-state index in [9.17, 15) is 4.79 Å². The Morgan fingerprint density at radius 3 is 2.38 bits per heavy atom. The van der Waals surface area contributed by atoms with E-state index in [2.05, 4.69) is 16.8 Å². The smallest absolute Gasteiger partial charge is 0.253 e. The van der Waals surface area contributed by atoms with Crippen molar-refractivity contribution in [3.8, 4) is 5.75 Å². The zero-order valence-corrected chi connectivity index (χ0v) is 14.7. The minimum Gasteiger partial charge on any atom is -0.495 e. The summed E-state index contributed by atoms with van der Waals surface area (Å²) in [4.78, 5) is 19.6. The number of nitrogens with two attached hydrogens (primary N) is 1. The van der Waals surface area contributed by atoms with Gasteiger partial charge in [0.1, 0.15) is 5.75 Å². The summed E-state index contributed by atoms with van der Waals surface area (Å²) in [6.07, 6.45) is 2.11. The fourth-order valence-electron chi connectivity index (χ4n) is 3.67. The lowest BCUT2D eigenvalue weighted by Gasteiger charge is -2.42. The normalized spacial score (nSPS) is 21.0. The fourth-order valence-corrected chi connectivity index (χ4v) is 3.67. The van der Waals surface area contributed by atoms with Gasteiger partial charge in [-0.05, 0) is 38.1 Å². The summed E-state index contributed by atoms with van der Waals surface area (Å²) in [5, 5.41) is 0. The number of likely N-dealkylation sites (N-methyl/N-ethyl adjacent to an activating group) is 1. The minimum absolute atomic E-state index is 0.0705. The number of nitrogen functional groups attached to an aromatic ring is 1. The first-order valence-corrected chi connectivity index (χ1v) is 8.74. The van der Waals surface area contributed by atoms with Crippen LogP contribution in [0.4, 0.5) is 5.69 Å². The third-order valence-corrected chi connectivity index (χ3v) is 5.28. The van der Waals surface area contributed by atoms with Crippen LogP contribution in [-0.4, -0.2) is 80.1 Å². The monoisotopic (exact) mass is 332 g/mol. The highest BCUT2D eigenvalue weighted by atomic mass is 16.5. The Morgan fingerprint density at radius 2 is 1.79 bits per heavy atom. The van der Waals surface area contributed by atoms with Crippen LogP contribution in [0.1, 0.15) is 23.2 Å². The molecule has 1 aromatic rings. The largest absolute Gasteiger partial charge is 0.495 e. The first kappa shape index (κ1) is 17.0. The molecule has 6 heteroatoms. The van der Waals surface area contributed by atoms with Crippen molar-refractivity contribution in [1.82, 2.24) is 14.7 Å². The molecule has 1 amide bonds. The molecule has 2 fully saturated rings. The van der Waals surface area contributed by atoms with Crippen molar-refractivity contribution in [2.24, 2.45) is 0 Å². The molecule has 2 aliphatic rings. The van der Waals surface area contributed by atoms with Gasteiger partial charge in [0.05, 0.1) is 12.8 Å². The SMILES string of the molecule is COc1ccc(C(=O)N2CCC(N3CCN(C)CC3)CC2)cc1N. The van der Waals surface area contributed by atoms with E-state index >= 15 is 0 Å². The van der Waals surface area contributed by atoms with Crippen LogP contribution in [0.2, 0.25) is 0 Å². The highest BCUT2D eigenvalue weighted by molar-refractivity contribution is 5.95. The van der Waals surface area contributed by atoms with Gasteiger partial charge in [-0.25, -0.2) is 0 Å². The van der Waals surface area contributed by atoms with Gasteiger partial charge < -0.3 is 20.3 Å². The fraction of sp³-hybridized carbons (Fsp3) is 0.611. The third kappa shape index (κ3) is 3.65. The number of rotatable bonds is 3. The molecule has 2 N–H and O–H groups in total. The molecule has 1 aromatic carbocycles. The Kier molecular flexibility index (Phi) is 5.26. The van der Waals surface area contributed by atoms with Crippen molar-refractivity contribution < 1.29 is 9.53 Å². The van der Waals surface area contributed by atoms with Gasteiger partial charge in [-0.2, -0.15) is 0 Å². The van der Waals surface area contributed by atoms with Gasteiger partial charge in [-0.1, -0.05) is 0 Å². The molecule has 24 heavy (non-hydrogen) atoms. The summed E-state index contributed by atoms with van der Waals surface area (Å²) >= 11 is 0. The van der Waals surface area contributed by atoms with Gasteiger partial charge in [0.25, 0.3) is 5.91 Å². The molecule has 2 saturated heterocycles. The van der Waals surface area contributed by atoms with Gasteiger partial charge in [-0.3, -0.25) is 9.69 Å². The molecule has 2 aliphatic heterocycles. The number of ether oxygens (including phenoxy) is 1. The van der Waals surface area contributed by atoms with Crippen LogP contribution in [0, 0.1) is 0 Å². The predicted octanol–water partition coefficient (Wildman–Crippen LogP) is 1.13. The highest BCUT2D eigenvalue weighted by Gasteiger charge is 2.28. The number of piperazine rings is 1. The number of methoxy groups -OCH3 is 1. The van der Waals surface area contributed by atoms with Crippen LogP contribution in [0.5, 0.6) is 5.75 Å². The van der Waals surface area contributed by atoms with Crippen molar-refractivity contribution >= 4 is 11.6 Å². The lowest BCUT2D eigenvalue weighted by atomic mass is 10.0. The molecule has 2 heterocycles. The topological polar surface area (TPSA) is 62.0 Å². The van der Waals surface area contributed by atoms with Crippen LogP contribution in [0.15, 0.2) is 18.2 Å². The average Bonchev–Trinajstić information content (AvgIpc) is 2.62. The Hall–Kier alpha value is -1.79. The van der Waals surface area contributed by atoms with Crippen LogP contribution >= 0.6 is 0 Å². The van der Waals surface area contributed by atoms with Crippen molar-refractivity contribution in [3.05, 3.63) is 23.8 Å². The lowest BCUT2D eigenvalue weighted by molar-refractivity contribution is 0.0519. The average molecular weight is 332 g/mol. The summed E-state index contributed by atoms with van der Waals surface area (Å²) in [7, 11) is 3.76. The van der Waals surface area contributed by atoms with Crippen LogP contribution in [0.3, 0.4) is 0 Å². The number of hydrogen-bond donors (Lipinski definition) is 1. The van der Waals surface area contributed by atoms with Crippen molar-refractivity contribution in [3.63, 3.8) is 0 Å². The van der Waals surface area contributed by atoms with E-state index in [1.165, 1.54) is 0 Å². The molecular formula is C18H28N4O2. The Balaban J connectivity index is 1.56. The van der Waals surface area contributed by atoms with Crippen molar-refractivity contribution in [1.29, 1.82) is 0 Å². The van der Waals surface area contributed by atoms with E-state index in [1.807, 2.05) is 4.90 Å². The Labute approximate surface area is 144 Å². The number of carbonyl (C=O) groups is 1. The molecule has 0 atom stereocenters. The molecule has 0 spiro atoms. The molecule has 3 rings (SSSR count). The predicted molar refractivity (Wildman–Crippen MR) is 95.4 cm³/mol. The molecule has 0 aromatic heterocycles. The molecule has 0 unspecified atom stereocenters. The molecule has 0 radical (unpaired) electrons. The van der Waals surface area contributed by atoms with E-state index in [4.69, 9.17) is 10.5 Å². The Morgan fingerprint density at radius 1 is 1.12 bits per heavy atom. The molecule has 0 saturated carbocycles. The number of anilines is 1. The molecule has 6 nitrogen and oxygen atoms in total. The standard InChI is InChI=1S/C18H28N4O2/c1-20-9-11-21(12-10-20)15-5-7-22(8-6-15)18(23)14-3-4-17(24-2)16(19)13-14/h3-4,13,15H,5-12,19H2,1-2H3. The van der Waals surface area contributed by atoms with Crippen molar-refractivity contribution in [2.75, 3.05) is 59.2 Å². The van der Waals surface area contributed by atoms with Crippen LogP contribution in [-0.2, 0) is 0 Å². The number of piperidine rings is 1. The van der Waals surface area contributed by atoms with Crippen LogP contribution in [0.25, 0.3) is 0 Å². The number of hydrogen-bond acceptors (Lipinski definition) is 5. The maximum absolute atomic E-state index is 12.7. The summed E-state index contributed by atoms with van der Waals surface area (Å²) in [5.74, 6) is 0.682. The number of nitrogens with zero attached hydrogens (tertiary/aromatic N) is 3. The zero-order valence-electron chi connectivity index (χ0n) is 14.7. The highest BCUT2D eigenvalue weighted by Crippen LogP contribution is 2.24. The van der Waals surface area contributed by atoms with E-state index in [-0.39, 0.29) is 5.91 Å². The second kappa shape index (κ2) is 7.40. The first-order chi connectivity index (χ1) is 11.6. The second-order valence-electron chi connectivity index (χ2n) is 6.82. The number of carbonyl (C=O) groups excluding carboxylic acids is 1. The van der Waals surface area contributed by atoms with E-state index in [1.54, 1.807) is 25.3 Å². The minimum atomic E-state index is 0.0705. The maximum atomic E-state index is 12.7. The van der Waals surface area contributed by atoms with E-state index in [0.29, 0.717) is 23.0 Å². The van der Waals surface area contributed by atoms with Gasteiger partial charge >= 0.3 is 0 Å². The second-order valence-corrected chi connectivity index (χ2v) is 6.82. The quantitative estimate of drug-likeness (QED) is 0.841.